The van der Waals surface area contributed by atoms with Crippen LogP contribution >= 0.6 is 0 Å². The molecule has 6 N–H and O–H groups in total. The van der Waals surface area contributed by atoms with Crippen LogP contribution in [0.15, 0.2) is 0 Å². The van der Waals surface area contributed by atoms with Crippen LogP contribution in [0, 0.1) is 0 Å². The van der Waals surface area contributed by atoms with E-state index in [1.165, 1.54) is 11.9 Å². The van der Waals surface area contributed by atoms with Crippen molar-refractivity contribution in [2.24, 2.45) is 11.5 Å². The highest BCUT2D eigenvalue weighted by molar-refractivity contribution is 5.90. The Balaban J connectivity index is 2.74. The zero-order valence-electron chi connectivity index (χ0n) is 14.0. The van der Waals surface area contributed by atoms with E-state index >= 15 is 0 Å². The molecule has 1 rings (SSSR count). The molecule has 0 unspecified atom stereocenters. The second-order valence-corrected chi connectivity index (χ2v) is 6.06. The lowest BCUT2D eigenvalue weighted by atomic mass is 10.1. The van der Waals surface area contributed by atoms with E-state index in [1.54, 1.807) is 0 Å². The van der Waals surface area contributed by atoms with E-state index in [1.807, 2.05) is 0 Å². The maximum absolute atomic E-state index is 12.1. The Morgan fingerprint density at radius 1 is 1.12 bits per heavy atom. The molecule has 0 aromatic heterocycles. The molecule has 1 saturated heterocycles. The quantitative estimate of drug-likeness (QED) is 0.445. The van der Waals surface area contributed by atoms with Crippen LogP contribution in [0.5, 0.6) is 0 Å². The summed E-state index contributed by atoms with van der Waals surface area (Å²) in [6.07, 6.45) is 3.13. The summed E-state index contributed by atoms with van der Waals surface area (Å²) in [4.78, 5) is 48.5. The fourth-order valence-corrected chi connectivity index (χ4v) is 2.48. The van der Waals surface area contributed by atoms with Crippen molar-refractivity contribution in [3.05, 3.63) is 0 Å². The number of nitrogens with one attached hydrogen (secondary N) is 2. The van der Waals surface area contributed by atoms with Gasteiger partial charge < -0.3 is 27.0 Å². The third-order valence-electron chi connectivity index (χ3n) is 3.93. The van der Waals surface area contributed by atoms with Crippen LogP contribution in [0.4, 0.5) is 0 Å². The van der Waals surface area contributed by atoms with Crippen LogP contribution in [0.2, 0.25) is 0 Å². The second kappa shape index (κ2) is 9.86. The van der Waals surface area contributed by atoms with Crippen molar-refractivity contribution in [3.8, 4) is 0 Å². The van der Waals surface area contributed by atoms with E-state index in [9.17, 15) is 19.2 Å². The van der Waals surface area contributed by atoms with Crippen LogP contribution in [-0.2, 0) is 19.2 Å². The maximum Gasteiger partial charge on any atom is 0.240 e. The number of amides is 4. The minimum atomic E-state index is -0.951. The zero-order chi connectivity index (χ0) is 18.1. The Hall–Kier alpha value is -2.16. The number of primary amides is 1. The average Bonchev–Trinajstić information content (AvgIpc) is 2.52. The van der Waals surface area contributed by atoms with E-state index in [0.717, 1.165) is 19.3 Å². The highest BCUT2D eigenvalue weighted by Gasteiger charge is 2.23. The minimum Gasteiger partial charge on any atom is -0.368 e. The molecule has 1 fully saturated rings. The number of nitrogens with zero attached hydrogens (tertiary/aromatic N) is 1. The lowest BCUT2D eigenvalue weighted by Gasteiger charge is -2.22. The highest BCUT2D eigenvalue weighted by Crippen LogP contribution is 2.05. The van der Waals surface area contributed by atoms with E-state index in [-0.39, 0.29) is 31.2 Å². The van der Waals surface area contributed by atoms with Crippen molar-refractivity contribution in [3.63, 3.8) is 0 Å². The summed E-state index contributed by atoms with van der Waals surface area (Å²) >= 11 is 0. The van der Waals surface area contributed by atoms with Gasteiger partial charge in [-0.25, -0.2) is 0 Å². The van der Waals surface area contributed by atoms with E-state index < -0.39 is 23.9 Å². The van der Waals surface area contributed by atoms with Crippen LogP contribution in [0.25, 0.3) is 0 Å². The number of nitrogens with two attached hydrogens (primary N) is 2. The van der Waals surface area contributed by atoms with Gasteiger partial charge in [-0.15, -0.1) is 0 Å². The monoisotopic (exact) mass is 341 g/mol. The number of rotatable bonds is 1. The second-order valence-electron chi connectivity index (χ2n) is 6.06. The molecule has 0 radical (unpaired) electrons. The molecular formula is C15H27N5O4. The van der Waals surface area contributed by atoms with Crippen LogP contribution in [0.1, 0.15) is 38.5 Å². The third-order valence-corrected chi connectivity index (χ3v) is 3.93. The summed E-state index contributed by atoms with van der Waals surface area (Å²) in [5.74, 6) is -1.75. The Morgan fingerprint density at radius 3 is 2.50 bits per heavy atom. The fraction of sp³-hybridized carbons (Fsp3) is 0.733. The Kier molecular flexibility index (Phi) is 8.17. The van der Waals surface area contributed by atoms with Gasteiger partial charge in [-0.05, 0) is 19.3 Å². The molecule has 2 atom stereocenters. The topological polar surface area (TPSA) is 148 Å². The Labute approximate surface area is 141 Å². The molecule has 0 aromatic carbocycles. The summed E-state index contributed by atoms with van der Waals surface area (Å²) in [6.45, 7) is 0.304. The van der Waals surface area contributed by atoms with Crippen LogP contribution < -0.4 is 22.1 Å². The lowest BCUT2D eigenvalue weighted by Crippen LogP contribution is -2.50. The smallest absolute Gasteiger partial charge is 0.240 e. The highest BCUT2D eigenvalue weighted by atomic mass is 16.2. The molecule has 9 nitrogen and oxygen atoms in total. The SMILES string of the molecule is CN1CC(=O)N[C@H](C(N)=O)CCC(=O)NCCCCC[C@H](N)C1=O. The molecule has 1 aliphatic rings. The predicted octanol–water partition coefficient (Wildman–Crippen LogP) is -1.79. The normalized spacial score (nSPS) is 25.8. The molecule has 1 heterocycles. The molecular weight excluding hydrogens is 314 g/mol. The summed E-state index contributed by atoms with van der Waals surface area (Å²) < 4.78 is 0. The van der Waals surface area contributed by atoms with Crippen molar-refractivity contribution in [1.82, 2.24) is 15.5 Å². The van der Waals surface area contributed by atoms with E-state index in [4.69, 9.17) is 11.5 Å². The minimum absolute atomic E-state index is 0.0908. The standard InChI is InChI=1S/C15H27N5O4/c1-20-9-13(22)19-11(14(17)23)6-7-12(21)18-8-4-2-3-5-10(16)15(20)24/h10-11H,2-9,16H2,1H3,(H2,17,23)(H,18,21)(H,19,22)/t10-,11-/m0/s1. The summed E-state index contributed by atoms with van der Waals surface area (Å²) in [5, 5.41) is 5.21. The summed E-state index contributed by atoms with van der Waals surface area (Å²) in [5.41, 5.74) is 11.1. The summed E-state index contributed by atoms with van der Waals surface area (Å²) in [7, 11) is 1.48. The molecule has 24 heavy (non-hydrogen) atoms. The maximum atomic E-state index is 12.1. The number of carbonyl (C=O) groups excluding carboxylic acids is 4. The fourth-order valence-electron chi connectivity index (χ4n) is 2.48. The van der Waals surface area contributed by atoms with Gasteiger partial charge in [-0.1, -0.05) is 12.8 Å². The Morgan fingerprint density at radius 2 is 1.83 bits per heavy atom. The number of hydrogen-bond acceptors (Lipinski definition) is 5. The number of carbonyl (C=O) groups is 4. The van der Waals surface area contributed by atoms with Crippen molar-refractivity contribution in [2.75, 3.05) is 20.1 Å². The molecule has 0 bridgehead atoms. The van der Waals surface area contributed by atoms with Gasteiger partial charge in [0.05, 0.1) is 12.6 Å². The van der Waals surface area contributed by atoms with Gasteiger partial charge >= 0.3 is 0 Å². The number of likely N-dealkylation sites (N-methyl/N-ethyl adjacent to an activating group) is 1. The molecule has 0 saturated carbocycles. The van der Waals surface area contributed by atoms with Gasteiger partial charge in [0.15, 0.2) is 0 Å². The molecule has 4 amide bonds. The number of hydrogen-bond donors (Lipinski definition) is 4. The van der Waals surface area contributed by atoms with Crippen LogP contribution in [0.3, 0.4) is 0 Å². The molecule has 1 aliphatic heterocycles. The molecule has 0 aromatic rings. The Bertz CT molecular complexity index is 482. The van der Waals surface area contributed by atoms with Crippen molar-refractivity contribution >= 4 is 23.6 Å². The predicted molar refractivity (Wildman–Crippen MR) is 87.4 cm³/mol. The van der Waals surface area contributed by atoms with Gasteiger partial charge in [-0.2, -0.15) is 0 Å². The van der Waals surface area contributed by atoms with Gasteiger partial charge in [0.2, 0.25) is 23.6 Å². The zero-order valence-corrected chi connectivity index (χ0v) is 14.0. The van der Waals surface area contributed by atoms with Crippen LogP contribution in [-0.4, -0.2) is 60.7 Å². The summed E-state index contributed by atoms with van der Waals surface area (Å²) in [6, 6.07) is -1.62. The van der Waals surface area contributed by atoms with Gasteiger partial charge in [0.1, 0.15) is 6.04 Å². The third kappa shape index (κ3) is 6.95. The van der Waals surface area contributed by atoms with E-state index in [2.05, 4.69) is 10.6 Å². The first-order valence-electron chi connectivity index (χ1n) is 8.17. The van der Waals surface area contributed by atoms with Crippen molar-refractivity contribution in [2.45, 2.75) is 50.6 Å². The average molecular weight is 341 g/mol. The van der Waals surface area contributed by atoms with Gasteiger partial charge in [-0.3, -0.25) is 19.2 Å². The largest absolute Gasteiger partial charge is 0.368 e. The molecule has 136 valence electrons. The van der Waals surface area contributed by atoms with Gasteiger partial charge in [0.25, 0.3) is 0 Å². The van der Waals surface area contributed by atoms with E-state index in [0.29, 0.717) is 13.0 Å². The first kappa shape index (κ1) is 19.9. The van der Waals surface area contributed by atoms with Crippen molar-refractivity contribution in [1.29, 1.82) is 0 Å². The first-order chi connectivity index (χ1) is 11.3. The molecule has 0 spiro atoms. The first-order valence-corrected chi connectivity index (χ1v) is 8.17. The van der Waals surface area contributed by atoms with Crippen molar-refractivity contribution < 1.29 is 19.2 Å². The van der Waals surface area contributed by atoms with Gasteiger partial charge in [0, 0.05) is 20.0 Å². The lowest BCUT2D eigenvalue weighted by molar-refractivity contribution is -0.136. The molecule has 9 heteroatoms. The molecule has 0 aliphatic carbocycles.